The van der Waals surface area contributed by atoms with Crippen molar-refractivity contribution in [2.75, 3.05) is 19.6 Å². The van der Waals surface area contributed by atoms with Crippen molar-refractivity contribution in [1.82, 2.24) is 10.2 Å². The van der Waals surface area contributed by atoms with E-state index in [2.05, 4.69) is 27.7 Å². The lowest BCUT2D eigenvalue weighted by Crippen LogP contribution is -2.44. The molecule has 2 rings (SSSR count). The van der Waals surface area contributed by atoms with Crippen LogP contribution >= 0.6 is 36.2 Å². The first-order valence-electron chi connectivity index (χ1n) is 6.93. The first kappa shape index (κ1) is 20.7. The average molecular weight is 354 g/mol. The number of amides is 1. The lowest BCUT2D eigenvalue weighted by Gasteiger charge is -2.32. The van der Waals surface area contributed by atoms with Crippen molar-refractivity contribution >= 4 is 42.1 Å². The van der Waals surface area contributed by atoms with Crippen molar-refractivity contribution < 1.29 is 4.79 Å². The summed E-state index contributed by atoms with van der Waals surface area (Å²) < 4.78 is 0. The second-order valence-corrected chi connectivity index (χ2v) is 6.39. The zero-order valence-corrected chi connectivity index (χ0v) is 14.7. The first-order valence-corrected chi connectivity index (χ1v) is 7.81. The van der Waals surface area contributed by atoms with Gasteiger partial charge in [-0.25, -0.2) is 0 Å². The van der Waals surface area contributed by atoms with Gasteiger partial charge in [0.2, 0.25) is 5.91 Å². The molecule has 1 saturated heterocycles. The van der Waals surface area contributed by atoms with Gasteiger partial charge in [-0.15, -0.1) is 36.2 Å². The normalized spacial score (nSPS) is 20.0. The summed E-state index contributed by atoms with van der Waals surface area (Å²) in [5.74, 6) is 0.506. The molecule has 1 aromatic rings. The number of thiophene rings is 1. The lowest BCUT2D eigenvalue weighted by atomic mass is 9.98. The monoisotopic (exact) mass is 353 g/mol. The number of nitrogens with two attached hydrogens (primary N) is 1. The number of hydrogen-bond acceptors (Lipinski definition) is 4. The Morgan fingerprint density at radius 3 is 2.95 bits per heavy atom. The molecule has 1 aliphatic heterocycles. The molecule has 0 aromatic carbocycles. The Kier molecular flexibility index (Phi) is 10.2. The molecule has 0 aliphatic carbocycles. The van der Waals surface area contributed by atoms with Crippen LogP contribution in [0.1, 0.15) is 24.6 Å². The first-order chi connectivity index (χ1) is 9.15. The van der Waals surface area contributed by atoms with Crippen LogP contribution in [0.4, 0.5) is 0 Å². The molecule has 1 fully saturated rings. The third kappa shape index (κ3) is 6.98. The number of nitrogens with one attached hydrogen (secondary N) is 1. The lowest BCUT2D eigenvalue weighted by molar-refractivity contribution is -0.122. The summed E-state index contributed by atoms with van der Waals surface area (Å²) in [6.45, 7) is 5.74. The Morgan fingerprint density at radius 2 is 2.33 bits per heavy atom. The molecule has 0 saturated carbocycles. The third-order valence-electron chi connectivity index (χ3n) is 3.54. The van der Waals surface area contributed by atoms with Gasteiger partial charge >= 0.3 is 0 Å². The fourth-order valence-electron chi connectivity index (χ4n) is 2.49. The number of piperidine rings is 1. The number of carbonyl (C=O) groups is 1. The predicted molar refractivity (Wildman–Crippen MR) is 93.5 cm³/mol. The Morgan fingerprint density at radius 1 is 1.57 bits per heavy atom. The van der Waals surface area contributed by atoms with Gasteiger partial charge in [0.25, 0.3) is 0 Å². The van der Waals surface area contributed by atoms with Crippen LogP contribution in [-0.2, 0) is 11.3 Å². The maximum atomic E-state index is 11.5. The van der Waals surface area contributed by atoms with Crippen LogP contribution in [0.15, 0.2) is 17.5 Å². The fourth-order valence-corrected chi connectivity index (χ4v) is 3.24. The van der Waals surface area contributed by atoms with Crippen LogP contribution in [0.5, 0.6) is 0 Å². The Labute approximate surface area is 143 Å². The highest BCUT2D eigenvalue weighted by molar-refractivity contribution is 7.09. The van der Waals surface area contributed by atoms with Gasteiger partial charge in [0.15, 0.2) is 0 Å². The van der Waals surface area contributed by atoms with Crippen LogP contribution < -0.4 is 11.1 Å². The van der Waals surface area contributed by atoms with Gasteiger partial charge in [-0.2, -0.15) is 0 Å². The molecule has 0 spiro atoms. The van der Waals surface area contributed by atoms with E-state index in [1.165, 1.54) is 17.7 Å². The minimum absolute atomic E-state index is 0. The number of halogens is 2. The SMILES string of the molecule is C[C@@H](N)C(=O)NCC1CCCN(Cc2cccs2)C1.Cl.Cl. The number of nitrogens with zero attached hydrogens (tertiary/aromatic N) is 1. The molecule has 2 heterocycles. The van der Waals surface area contributed by atoms with Crippen LogP contribution in [0, 0.1) is 5.92 Å². The number of rotatable bonds is 5. The zero-order valence-electron chi connectivity index (χ0n) is 12.3. The maximum absolute atomic E-state index is 11.5. The molecule has 21 heavy (non-hydrogen) atoms. The Hall–Kier alpha value is -0.330. The van der Waals surface area contributed by atoms with Crippen LogP contribution in [0.2, 0.25) is 0 Å². The average Bonchev–Trinajstić information content (AvgIpc) is 2.89. The van der Waals surface area contributed by atoms with Crippen LogP contribution in [0.25, 0.3) is 0 Å². The van der Waals surface area contributed by atoms with Crippen molar-refractivity contribution in [1.29, 1.82) is 0 Å². The number of hydrogen-bond donors (Lipinski definition) is 2. The minimum Gasteiger partial charge on any atom is -0.354 e. The Balaban J connectivity index is 0.00000200. The molecule has 4 nitrogen and oxygen atoms in total. The van der Waals surface area contributed by atoms with Crippen molar-refractivity contribution in [3.05, 3.63) is 22.4 Å². The Bertz CT molecular complexity index is 401. The molecular formula is C14H25Cl2N3OS. The molecule has 2 atom stereocenters. The van der Waals surface area contributed by atoms with Gasteiger partial charge < -0.3 is 11.1 Å². The topological polar surface area (TPSA) is 58.4 Å². The summed E-state index contributed by atoms with van der Waals surface area (Å²) in [5.41, 5.74) is 5.55. The minimum atomic E-state index is -0.411. The smallest absolute Gasteiger partial charge is 0.236 e. The summed E-state index contributed by atoms with van der Waals surface area (Å²) in [6, 6.07) is 3.88. The van der Waals surface area contributed by atoms with Crippen LogP contribution in [-0.4, -0.2) is 36.5 Å². The van der Waals surface area contributed by atoms with Crippen LogP contribution in [0.3, 0.4) is 0 Å². The van der Waals surface area contributed by atoms with E-state index in [9.17, 15) is 4.79 Å². The summed E-state index contributed by atoms with van der Waals surface area (Å²) in [5, 5.41) is 5.07. The van der Waals surface area contributed by atoms with Gasteiger partial charge in [0.1, 0.15) is 0 Å². The van der Waals surface area contributed by atoms with E-state index < -0.39 is 6.04 Å². The molecule has 1 aliphatic rings. The molecule has 7 heteroatoms. The summed E-state index contributed by atoms with van der Waals surface area (Å²) in [6.07, 6.45) is 2.41. The van der Waals surface area contributed by atoms with Gasteiger partial charge in [-0.1, -0.05) is 6.07 Å². The quantitative estimate of drug-likeness (QED) is 0.853. The number of carbonyl (C=O) groups excluding carboxylic acids is 1. The van der Waals surface area contributed by atoms with Gasteiger partial charge in [0, 0.05) is 24.5 Å². The van der Waals surface area contributed by atoms with Gasteiger partial charge in [-0.05, 0) is 43.7 Å². The molecule has 1 unspecified atom stereocenters. The second-order valence-electron chi connectivity index (χ2n) is 5.36. The number of likely N-dealkylation sites (tertiary alicyclic amines) is 1. The van der Waals surface area contributed by atoms with E-state index >= 15 is 0 Å². The summed E-state index contributed by atoms with van der Waals surface area (Å²) in [7, 11) is 0. The largest absolute Gasteiger partial charge is 0.354 e. The summed E-state index contributed by atoms with van der Waals surface area (Å²) in [4.78, 5) is 15.4. The van der Waals surface area contributed by atoms with Crippen molar-refractivity contribution in [3.8, 4) is 0 Å². The second kappa shape index (κ2) is 10.4. The molecule has 0 radical (unpaired) electrons. The van der Waals surface area contributed by atoms with E-state index in [4.69, 9.17) is 5.73 Å². The van der Waals surface area contributed by atoms with Crippen molar-refractivity contribution in [2.45, 2.75) is 32.4 Å². The molecule has 0 bridgehead atoms. The summed E-state index contributed by atoms with van der Waals surface area (Å²) >= 11 is 1.81. The van der Waals surface area contributed by atoms with E-state index in [0.717, 1.165) is 26.2 Å². The van der Waals surface area contributed by atoms with Gasteiger partial charge in [0.05, 0.1) is 6.04 Å². The standard InChI is InChI=1S/C14H23N3OS.2ClH/c1-11(15)14(18)16-8-12-4-2-6-17(9-12)10-13-5-3-7-19-13;;/h3,5,7,11-12H,2,4,6,8-10,15H2,1H3,(H,16,18);2*1H/t11-,12?;;/m1../s1. The third-order valence-corrected chi connectivity index (χ3v) is 4.40. The van der Waals surface area contributed by atoms with E-state index in [-0.39, 0.29) is 30.7 Å². The predicted octanol–water partition coefficient (Wildman–Crippen LogP) is 2.27. The maximum Gasteiger partial charge on any atom is 0.236 e. The molecule has 122 valence electrons. The molecule has 1 amide bonds. The fraction of sp³-hybridized carbons (Fsp3) is 0.643. The molecular weight excluding hydrogens is 329 g/mol. The highest BCUT2D eigenvalue weighted by Gasteiger charge is 2.21. The van der Waals surface area contributed by atoms with Crippen molar-refractivity contribution in [2.24, 2.45) is 11.7 Å². The van der Waals surface area contributed by atoms with E-state index in [1.807, 2.05) is 11.3 Å². The molecule has 3 N–H and O–H groups in total. The molecule has 1 aromatic heterocycles. The highest BCUT2D eigenvalue weighted by atomic mass is 35.5. The van der Waals surface area contributed by atoms with Gasteiger partial charge in [-0.3, -0.25) is 9.69 Å². The zero-order chi connectivity index (χ0) is 13.7. The van der Waals surface area contributed by atoms with Crippen molar-refractivity contribution in [3.63, 3.8) is 0 Å². The highest BCUT2D eigenvalue weighted by Crippen LogP contribution is 2.19. The van der Waals surface area contributed by atoms with E-state index in [0.29, 0.717) is 5.92 Å². The van der Waals surface area contributed by atoms with E-state index in [1.54, 1.807) is 6.92 Å².